The zero-order valence-electron chi connectivity index (χ0n) is 29.9. The first kappa shape index (κ1) is 42.5. The van der Waals surface area contributed by atoms with E-state index < -0.39 is 13.5 Å². The molecule has 3 aliphatic heterocycles. The van der Waals surface area contributed by atoms with Gasteiger partial charge in [0.1, 0.15) is 0 Å². The Morgan fingerprint density at radius 1 is 0.702 bits per heavy atom. The third-order valence-electron chi connectivity index (χ3n) is 10.4. The van der Waals surface area contributed by atoms with Crippen LogP contribution in [0.3, 0.4) is 0 Å². The molecule has 47 heavy (non-hydrogen) atoms. The summed E-state index contributed by atoms with van der Waals surface area (Å²) in [6.45, 7) is 24.1. The summed E-state index contributed by atoms with van der Waals surface area (Å²) < 4.78 is 1.92. The van der Waals surface area contributed by atoms with Crippen molar-refractivity contribution in [3.8, 4) is 0 Å². The molecule has 6 atom stereocenters. The van der Waals surface area contributed by atoms with Gasteiger partial charge in [0.25, 0.3) is 0 Å². The fourth-order valence-electron chi connectivity index (χ4n) is 8.81. The Labute approximate surface area is 319 Å². The molecule has 2 aliphatic carbocycles. The van der Waals surface area contributed by atoms with Gasteiger partial charge in [0.05, 0.1) is 0 Å². The van der Waals surface area contributed by atoms with Gasteiger partial charge >= 0.3 is 73.4 Å². The molecular weight excluding hydrogens is 844 g/mol. The average molecular weight is 908 g/mol. The predicted octanol–water partition coefficient (Wildman–Crippen LogP) is 11.5. The van der Waals surface area contributed by atoms with Gasteiger partial charge in [-0.3, -0.25) is 0 Å². The summed E-state index contributed by atoms with van der Waals surface area (Å²) in [7, 11) is 11.3. The molecule has 9 heteroatoms. The van der Waals surface area contributed by atoms with Crippen LogP contribution in [0.5, 0.6) is 0 Å². The van der Waals surface area contributed by atoms with E-state index in [4.69, 9.17) is 19.4 Å². The van der Waals surface area contributed by atoms with Crippen LogP contribution in [0, 0.1) is 42.2 Å². The summed E-state index contributed by atoms with van der Waals surface area (Å²) in [5.41, 5.74) is 1.12. The number of halogens is 4. The molecule has 5 aliphatic rings. The maximum absolute atomic E-state index is 5.67. The second kappa shape index (κ2) is 22.9. The second-order valence-electron chi connectivity index (χ2n) is 15.1. The molecule has 4 nitrogen and oxygen atoms in total. The number of alkyl halides is 2. The minimum absolute atomic E-state index is 0.682. The van der Waals surface area contributed by atoms with Crippen molar-refractivity contribution in [2.24, 2.45) is 35.5 Å². The van der Waals surface area contributed by atoms with Gasteiger partial charge in [-0.2, -0.15) is 0 Å². The fourth-order valence-corrected chi connectivity index (χ4v) is 11.7. The van der Waals surface area contributed by atoms with Gasteiger partial charge in [-0.15, -0.1) is 26.2 Å². The number of hydrogen-bond acceptors (Lipinski definition) is 2. The van der Waals surface area contributed by atoms with E-state index in [1.807, 2.05) is 34.9 Å². The van der Waals surface area contributed by atoms with Crippen LogP contribution in [0.15, 0.2) is 30.3 Å². The minimum atomic E-state index is -1.61. The van der Waals surface area contributed by atoms with E-state index in [-0.39, 0.29) is 0 Å². The molecule has 0 amide bonds. The standard InChI is InChI=1S/C21H39N2.C7H6.2C5H9BrN.2ClH.Ru/c1-14-9-16(3)20(17(4)10-14)22-7-8-23(13-22)21-18(5)11-15(2)12-19(21)6;1-7-5-3-2-4-6-7;2*6-5-2-1-3-7-4-5;;;/h13-21H,7-12H2,1-6H3;1-6H;2*5H,1-4H2;2*1H;/q-1;;2*-1;;;+2/p-2/t14?,15?,16-,17-,18+,19+,20?,21?;;;;;;. The van der Waals surface area contributed by atoms with Crippen LogP contribution >= 0.6 is 51.2 Å². The van der Waals surface area contributed by atoms with E-state index in [0.29, 0.717) is 9.65 Å². The quantitative estimate of drug-likeness (QED) is 0.172. The van der Waals surface area contributed by atoms with Crippen LogP contribution in [-0.4, -0.2) is 75.4 Å². The van der Waals surface area contributed by atoms with Crippen molar-refractivity contribution in [3.05, 3.63) is 53.2 Å². The van der Waals surface area contributed by atoms with Crippen LogP contribution < -0.4 is 0 Å². The van der Waals surface area contributed by atoms with Crippen molar-refractivity contribution < 1.29 is 13.5 Å². The van der Waals surface area contributed by atoms with Crippen molar-refractivity contribution in [2.75, 3.05) is 39.3 Å². The summed E-state index contributed by atoms with van der Waals surface area (Å²) in [6, 6.07) is 11.4. The zero-order chi connectivity index (χ0) is 34.3. The summed E-state index contributed by atoms with van der Waals surface area (Å²) in [4.78, 5) is 6.81. The number of piperidine rings is 2. The van der Waals surface area contributed by atoms with Crippen LogP contribution in [0.25, 0.3) is 10.6 Å². The molecule has 0 bridgehead atoms. The monoisotopic (exact) mass is 905 g/mol. The molecule has 1 aromatic rings. The number of hydrogen-bond donors (Lipinski definition) is 0. The Morgan fingerprint density at radius 2 is 1.11 bits per heavy atom. The molecule has 0 radical (unpaired) electrons. The molecule has 1 aromatic carbocycles. The van der Waals surface area contributed by atoms with Gasteiger partial charge in [0.15, 0.2) is 0 Å². The van der Waals surface area contributed by atoms with E-state index in [1.54, 1.807) is 0 Å². The first-order valence-electron chi connectivity index (χ1n) is 18.2. The Hall–Kier alpha value is 1.09. The van der Waals surface area contributed by atoms with Crippen molar-refractivity contribution in [3.63, 3.8) is 0 Å². The number of rotatable bonds is 3. The second-order valence-corrected chi connectivity index (χ2v) is 23.4. The van der Waals surface area contributed by atoms with Gasteiger partial charge in [-0.1, -0.05) is 86.2 Å². The summed E-state index contributed by atoms with van der Waals surface area (Å²) in [5.74, 6) is 5.18. The Balaban J connectivity index is 0.000000204. The molecule has 3 heterocycles. The van der Waals surface area contributed by atoms with E-state index in [2.05, 4.69) is 101 Å². The van der Waals surface area contributed by atoms with Crippen LogP contribution in [0.1, 0.15) is 98.5 Å². The van der Waals surface area contributed by atoms with E-state index in [0.717, 1.165) is 79.3 Å². The molecule has 2 saturated carbocycles. The van der Waals surface area contributed by atoms with Crippen molar-refractivity contribution >= 4 is 55.9 Å². The average Bonchev–Trinajstić information content (AvgIpc) is 3.47. The maximum atomic E-state index is 5.67. The first-order chi connectivity index (χ1) is 22.4. The zero-order valence-corrected chi connectivity index (χ0v) is 36.3. The van der Waals surface area contributed by atoms with E-state index >= 15 is 0 Å². The number of benzene rings is 1. The van der Waals surface area contributed by atoms with Gasteiger partial charge in [0, 0.05) is 0 Å². The number of nitrogens with zero attached hydrogens (tertiary/aromatic N) is 4. The molecule has 274 valence electrons. The molecular formula is C38H63Br2Cl2N4Ru-3. The van der Waals surface area contributed by atoms with Gasteiger partial charge < -0.3 is 20.4 Å². The third-order valence-corrected chi connectivity index (χ3v) is 13.8. The predicted molar refractivity (Wildman–Crippen MR) is 212 cm³/mol. The molecule has 0 spiro atoms. The topological polar surface area (TPSA) is 34.7 Å². The Kier molecular flexibility index (Phi) is 20.7. The Morgan fingerprint density at radius 3 is 1.40 bits per heavy atom. The molecule has 0 aromatic heterocycles. The molecule has 3 saturated heterocycles. The molecule has 6 rings (SSSR count). The van der Waals surface area contributed by atoms with Gasteiger partial charge in [0.2, 0.25) is 0 Å². The summed E-state index contributed by atoms with van der Waals surface area (Å²) in [5, 5.41) is 8.42. The van der Waals surface area contributed by atoms with Crippen molar-refractivity contribution in [1.29, 1.82) is 0 Å². The van der Waals surface area contributed by atoms with Crippen molar-refractivity contribution in [2.45, 2.75) is 115 Å². The fraction of sp³-hybridized carbons (Fsp3) is 0.789. The third kappa shape index (κ3) is 15.7. The van der Waals surface area contributed by atoms with Crippen LogP contribution in [0.2, 0.25) is 0 Å². The van der Waals surface area contributed by atoms with Gasteiger partial charge in [-0.25, -0.2) is 6.67 Å². The van der Waals surface area contributed by atoms with E-state index in [1.165, 1.54) is 64.5 Å². The van der Waals surface area contributed by atoms with E-state index in [9.17, 15) is 0 Å². The van der Waals surface area contributed by atoms with Gasteiger partial charge in [-0.05, 0) is 109 Å². The summed E-state index contributed by atoms with van der Waals surface area (Å²) in [6.07, 6.45) is 10.8. The summed E-state index contributed by atoms with van der Waals surface area (Å²) >= 11 is 5.37. The van der Waals surface area contributed by atoms with Crippen LogP contribution in [-0.2, 0) is 13.5 Å². The Bertz CT molecular complexity index is 931. The normalized spacial score (nSPS) is 36.8. The first-order valence-corrected chi connectivity index (χ1v) is 25.5. The van der Waals surface area contributed by atoms with Crippen molar-refractivity contribution in [1.82, 2.24) is 9.80 Å². The molecule has 0 N–H and O–H groups in total. The molecule has 2 unspecified atom stereocenters. The molecule has 5 fully saturated rings. The van der Waals surface area contributed by atoms with Crippen LogP contribution in [0.4, 0.5) is 0 Å². The SMILES string of the molecule is BrC1CCC[N-]C1.BrC1CCC[N-]C1.CC1C[C@@H](C)C(N2[CH-]N(C3[C@@H](C)CC(C)C[C@@H]3C)CC2)[C@H](C)C1.[Cl][Ru]([Cl])=[CH]c1ccccc1.